The fraction of sp³-hybridized carbons (Fsp3) is 0.600. The van der Waals surface area contributed by atoms with E-state index in [1.807, 2.05) is 24.3 Å². The molecule has 0 radical (unpaired) electrons. The molecule has 144 valence electrons. The molecule has 0 aromatic heterocycles. The minimum atomic E-state index is -0.0279. The van der Waals surface area contributed by atoms with E-state index >= 15 is 0 Å². The highest BCUT2D eigenvalue weighted by Crippen LogP contribution is 2.46. The SMILES string of the molecule is COc1ccc(CN=C(NCC(=O)N(C)C)N2CC(C)(C)C2(C)C)cc1. The summed E-state index contributed by atoms with van der Waals surface area (Å²) in [6.45, 7) is 10.6. The van der Waals surface area contributed by atoms with Gasteiger partial charge in [0.25, 0.3) is 0 Å². The van der Waals surface area contributed by atoms with Crippen LogP contribution in [-0.2, 0) is 11.3 Å². The standard InChI is InChI=1S/C20H32N4O2/c1-19(2)14-24(20(19,3)4)18(22-13-17(25)23(5)6)21-12-15-8-10-16(26-7)11-9-15/h8-11H,12-14H2,1-7H3,(H,21,22). The molecule has 1 amide bonds. The second kappa shape index (κ2) is 7.56. The highest BCUT2D eigenvalue weighted by atomic mass is 16.5. The van der Waals surface area contributed by atoms with Gasteiger partial charge in [-0.1, -0.05) is 26.0 Å². The zero-order valence-corrected chi connectivity index (χ0v) is 17.1. The molecule has 1 saturated heterocycles. The molecule has 1 heterocycles. The van der Waals surface area contributed by atoms with Crippen molar-refractivity contribution in [3.63, 3.8) is 0 Å². The maximum Gasteiger partial charge on any atom is 0.241 e. The Bertz CT molecular complexity index is 663. The molecule has 1 aliphatic rings. The van der Waals surface area contributed by atoms with Gasteiger partial charge >= 0.3 is 0 Å². The number of nitrogens with zero attached hydrogens (tertiary/aromatic N) is 3. The summed E-state index contributed by atoms with van der Waals surface area (Å²) in [5.41, 5.74) is 1.27. The Balaban J connectivity index is 2.15. The molecule has 1 aromatic rings. The van der Waals surface area contributed by atoms with Crippen LogP contribution >= 0.6 is 0 Å². The van der Waals surface area contributed by atoms with Crippen molar-refractivity contribution in [1.29, 1.82) is 0 Å². The summed E-state index contributed by atoms with van der Waals surface area (Å²) >= 11 is 0. The number of carbonyl (C=O) groups excluding carboxylic acids is 1. The molecule has 1 aromatic carbocycles. The van der Waals surface area contributed by atoms with E-state index in [2.05, 4.69) is 37.9 Å². The Morgan fingerprint density at radius 1 is 1.23 bits per heavy atom. The lowest BCUT2D eigenvalue weighted by atomic mass is 9.65. The Morgan fingerprint density at radius 3 is 2.31 bits per heavy atom. The first kappa shape index (κ1) is 20.1. The fourth-order valence-corrected chi connectivity index (χ4v) is 2.85. The van der Waals surface area contributed by atoms with Gasteiger partial charge in [-0.05, 0) is 31.5 Å². The number of ether oxygens (including phenoxy) is 1. The minimum Gasteiger partial charge on any atom is -0.497 e. The van der Waals surface area contributed by atoms with E-state index in [0.717, 1.165) is 23.8 Å². The lowest BCUT2D eigenvalue weighted by Gasteiger charge is -2.62. The number of rotatable bonds is 5. The molecule has 0 spiro atoms. The van der Waals surface area contributed by atoms with Crippen molar-refractivity contribution in [2.24, 2.45) is 10.4 Å². The summed E-state index contributed by atoms with van der Waals surface area (Å²) in [4.78, 5) is 20.6. The lowest BCUT2D eigenvalue weighted by molar-refractivity contribution is -0.127. The Morgan fingerprint density at radius 2 is 1.85 bits per heavy atom. The van der Waals surface area contributed by atoms with Gasteiger partial charge in [-0.3, -0.25) is 4.79 Å². The van der Waals surface area contributed by atoms with Crippen molar-refractivity contribution in [3.05, 3.63) is 29.8 Å². The smallest absolute Gasteiger partial charge is 0.241 e. The maximum atomic E-state index is 12.0. The van der Waals surface area contributed by atoms with Crippen LogP contribution in [0.2, 0.25) is 0 Å². The number of guanidine groups is 1. The van der Waals surface area contributed by atoms with Crippen molar-refractivity contribution >= 4 is 11.9 Å². The zero-order valence-electron chi connectivity index (χ0n) is 17.1. The second-order valence-corrected chi connectivity index (χ2v) is 8.16. The normalized spacial score (nSPS) is 18.1. The summed E-state index contributed by atoms with van der Waals surface area (Å²) in [6, 6.07) is 7.89. The van der Waals surface area contributed by atoms with Gasteiger partial charge in [-0.25, -0.2) is 4.99 Å². The van der Waals surface area contributed by atoms with Crippen molar-refractivity contribution in [2.45, 2.75) is 39.8 Å². The average molecular weight is 361 g/mol. The van der Waals surface area contributed by atoms with Gasteiger partial charge < -0.3 is 19.9 Å². The average Bonchev–Trinajstić information content (AvgIpc) is 2.60. The van der Waals surface area contributed by atoms with Crippen LogP contribution in [0.1, 0.15) is 33.3 Å². The third-order valence-corrected chi connectivity index (χ3v) is 5.61. The van der Waals surface area contributed by atoms with E-state index in [0.29, 0.717) is 6.54 Å². The van der Waals surface area contributed by atoms with Crippen LogP contribution < -0.4 is 10.1 Å². The van der Waals surface area contributed by atoms with E-state index in [4.69, 9.17) is 9.73 Å². The second-order valence-electron chi connectivity index (χ2n) is 8.16. The molecule has 2 rings (SSSR count). The van der Waals surface area contributed by atoms with Crippen molar-refractivity contribution in [3.8, 4) is 5.75 Å². The first-order valence-corrected chi connectivity index (χ1v) is 8.97. The Labute approximate surface area is 157 Å². The number of aliphatic imine (C=N–C) groups is 1. The topological polar surface area (TPSA) is 57.2 Å². The van der Waals surface area contributed by atoms with Gasteiger partial charge in [0.1, 0.15) is 5.75 Å². The number of benzene rings is 1. The third kappa shape index (κ3) is 4.11. The summed E-state index contributed by atoms with van der Waals surface area (Å²) < 4.78 is 5.20. The van der Waals surface area contributed by atoms with Crippen LogP contribution in [0.15, 0.2) is 29.3 Å². The molecule has 1 N–H and O–H groups in total. The van der Waals surface area contributed by atoms with Gasteiger partial charge in [0.05, 0.1) is 20.2 Å². The molecule has 1 aliphatic heterocycles. The lowest BCUT2D eigenvalue weighted by Crippen LogP contribution is -2.72. The van der Waals surface area contributed by atoms with E-state index in [1.54, 1.807) is 26.1 Å². The van der Waals surface area contributed by atoms with Gasteiger partial charge in [0, 0.05) is 31.6 Å². The van der Waals surface area contributed by atoms with E-state index in [-0.39, 0.29) is 23.4 Å². The summed E-state index contributed by atoms with van der Waals surface area (Å²) in [5.74, 6) is 1.64. The molecule has 0 atom stereocenters. The first-order valence-electron chi connectivity index (χ1n) is 8.97. The van der Waals surface area contributed by atoms with Gasteiger partial charge in [-0.15, -0.1) is 0 Å². The summed E-state index contributed by atoms with van der Waals surface area (Å²) in [7, 11) is 5.17. The maximum absolute atomic E-state index is 12.0. The van der Waals surface area contributed by atoms with Crippen molar-refractivity contribution in [2.75, 3.05) is 34.3 Å². The van der Waals surface area contributed by atoms with Crippen LogP contribution in [-0.4, -0.2) is 61.5 Å². The van der Waals surface area contributed by atoms with E-state index < -0.39 is 0 Å². The zero-order chi connectivity index (χ0) is 19.5. The molecule has 1 fully saturated rings. The number of hydrogen-bond acceptors (Lipinski definition) is 3. The quantitative estimate of drug-likeness (QED) is 0.647. The molecule has 0 saturated carbocycles. The summed E-state index contributed by atoms with van der Waals surface area (Å²) in [5, 5.41) is 3.25. The predicted molar refractivity (Wildman–Crippen MR) is 105 cm³/mol. The molecule has 0 unspecified atom stereocenters. The number of likely N-dealkylation sites (N-methyl/N-ethyl adjacent to an activating group) is 1. The van der Waals surface area contributed by atoms with Crippen LogP contribution in [0.4, 0.5) is 0 Å². The molecular weight excluding hydrogens is 328 g/mol. The minimum absolute atomic E-state index is 0.0275. The largest absolute Gasteiger partial charge is 0.497 e. The van der Waals surface area contributed by atoms with Crippen LogP contribution in [0.5, 0.6) is 5.75 Å². The summed E-state index contributed by atoms with van der Waals surface area (Å²) in [6.07, 6.45) is 0. The number of likely N-dealkylation sites (tertiary alicyclic amines) is 1. The third-order valence-electron chi connectivity index (χ3n) is 5.61. The van der Waals surface area contributed by atoms with Crippen molar-refractivity contribution in [1.82, 2.24) is 15.1 Å². The van der Waals surface area contributed by atoms with Gasteiger partial charge in [0.15, 0.2) is 5.96 Å². The molecule has 0 aliphatic carbocycles. The molecule has 6 nitrogen and oxygen atoms in total. The number of nitrogens with one attached hydrogen (secondary N) is 1. The molecule has 6 heteroatoms. The van der Waals surface area contributed by atoms with Gasteiger partial charge in [-0.2, -0.15) is 0 Å². The molecule has 0 bridgehead atoms. The monoisotopic (exact) mass is 360 g/mol. The van der Waals surface area contributed by atoms with Crippen LogP contribution in [0.25, 0.3) is 0 Å². The van der Waals surface area contributed by atoms with Crippen LogP contribution in [0, 0.1) is 5.41 Å². The van der Waals surface area contributed by atoms with Gasteiger partial charge in [0.2, 0.25) is 5.91 Å². The highest BCUT2D eigenvalue weighted by Gasteiger charge is 2.53. The van der Waals surface area contributed by atoms with E-state index in [9.17, 15) is 4.79 Å². The fourth-order valence-electron chi connectivity index (χ4n) is 2.85. The first-order chi connectivity index (χ1) is 12.1. The van der Waals surface area contributed by atoms with Crippen LogP contribution in [0.3, 0.4) is 0 Å². The molecule has 26 heavy (non-hydrogen) atoms. The number of methoxy groups -OCH3 is 1. The van der Waals surface area contributed by atoms with E-state index in [1.165, 1.54) is 0 Å². The number of amides is 1. The highest BCUT2D eigenvalue weighted by molar-refractivity contribution is 5.87. The molecular formula is C20H32N4O2. The Kier molecular flexibility index (Phi) is 5.84. The predicted octanol–water partition coefficient (Wildman–Crippen LogP) is 2.35. The Hall–Kier alpha value is -2.24. The number of carbonyl (C=O) groups is 1. The van der Waals surface area contributed by atoms with Crippen molar-refractivity contribution < 1.29 is 9.53 Å². The number of hydrogen-bond donors (Lipinski definition) is 1.